The summed E-state index contributed by atoms with van der Waals surface area (Å²) in [5, 5.41) is 3.87. The molecule has 0 atom stereocenters. The minimum atomic E-state index is 0.240. The van der Waals surface area contributed by atoms with Crippen molar-refractivity contribution in [1.82, 2.24) is 24.6 Å². The summed E-state index contributed by atoms with van der Waals surface area (Å²) < 4.78 is 1.41. The van der Waals surface area contributed by atoms with Crippen LogP contribution in [0.25, 0.3) is 5.78 Å². The van der Waals surface area contributed by atoms with Gasteiger partial charge in [-0.25, -0.2) is 0 Å². The highest BCUT2D eigenvalue weighted by Gasteiger charge is 2.08. The summed E-state index contributed by atoms with van der Waals surface area (Å²) in [4.78, 5) is 12.2. The van der Waals surface area contributed by atoms with Crippen molar-refractivity contribution in [2.45, 2.75) is 19.8 Å². The maximum absolute atomic E-state index is 5.65. The Kier molecular flexibility index (Phi) is 1.61. The first-order chi connectivity index (χ1) is 6.18. The average Bonchev–Trinajstić information content (AvgIpc) is 2.51. The number of fused-ring (bicyclic) bond motifs is 1. The molecule has 2 N–H and O–H groups in total. The molecule has 2 aromatic rings. The van der Waals surface area contributed by atoms with Gasteiger partial charge >= 0.3 is 0 Å². The molecule has 0 aliphatic heterocycles. The third-order valence-electron chi connectivity index (χ3n) is 1.71. The molecule has 2 rings (SSSR count). The second-order valence-corrected chi connectivity index (χ2v) is 3.07. The molecule has 0 saturated carbocycles. The summed E-state index contributed by atoms with van der Waals surface area (Å²) in [7, 11) is 0. The Morgan fingerprint density at radius 1 is 1.38 bits per heavy atom. The third kappa shape index (κ3) is 1.20. The zero-order valence-corrected chi connectivity index (χ0v) is 7.47. The quantitative estimate of drug-likeness (QED) is 0.675. The Morgan fingerprint density at radius 2 is 2.15 bits per heavy atom. The van der Waals surface area contributed by atoms with Gasteiger partial charge in [-0.2, -0.15) is 24.6 Å². The van der Waals surface area contributed by atoms with Crippen LogP contribution in [0, 0.1) is 0 Å². The van der Waals surface area contributed by atoms with Gasteiger partial charge in [0.2, 0.25) is 5.95 Å². The maximum Gasteiger partial charge on any atom is 0.257 e. The first-order valence-electron chi connectivity index (χ1n) is 4.01. The van der Waals surface area contributed by atoms with Crippen LogP contribution in [0.1, 0.15) is 25.6 Å². The highest BCUT2D eigenvalue weighted by Crippen LogP contribution is 2.10. The number of nitrogens with two attached hydrogens (primary N) is 1. The van der Waals surface area contributed by atoms with Crippen LogP contribution in [0.3, 0.4) is 0 Å². The van der Waals surface area contributed by atoms with Crippen LogP contribution in [0.15, 0.2) is 6.33 Å². The fourth-order valence-electron chi connectivity index (χ4n) is 1.02. The van der Waals surface area contributed by atoms with Gasteiger partial charge in [-0.15, -0.1) is 0 Å². The SMILES string of the molecule is CC(C)c1nc(N)n2ncnc2n1. The van der Waals surface area contributed by atoms with E-state index < -0.39 is 0 Å². The highest BCUT2D eigenvalue weighted by atomic mass is 15.4. The van der Waals surface area contributed by atoms with Gasteiger partial charge in [0.05, 0.1) is 0 Å². The smallest absolute Gasteiger partial charge is 0.257 e. The normalized spacial score (nSPS) is 11.3. The van der Waals surface area contributed by atoms with Crippen molar-refractivity contribution >= 4 is 11.7 Å². The van der Waals surface area contributed by atoms with Gasteiger partial charge in [0, 0.05) is 5.92 Å². The minimum absolute atomic E-state index is 0.240. The molecule has 0 spiro atoms. The summed E-state index contributed by atoms with van der Waals surface area (Å²) in [6.07, 6.45) is 1.41. The lowest BCUT2D eigenvalue weighted by Gasteiger charge is -2.03. The van der Waals surface area contributed by atoms with E-state index in [2.05, 4.69) is 20.1 Å². The van der Waals surface area contributed by atoms with E-state index in [0.29, 0.717) is 17.6 Å². The van der Waals surface area contributed by atoms with Gasteiger partial charge < -0.3 is 5.73 Å². The largest absolute Gasteiger partial charge is 0.368 e. The first-order valence-corrected chi connectivity index (χ1v) is 4.01. The van der Waals surface area contributed by atoms with Crippen LogP contribution in [-0.4, -0.2) is 24.6 Å². The lowest BCUT2D eigenvalue weighted by molar-refractivity contribution is 0.755. The molecular weight excluding hydrogens is 168 g/mol. The highest BCUT2D eigenvalue weighted by molar-refractivity contribution is 5.33. The Morgan fingerprint density at radius 3 is 2.85 bits per heavy atom. The van der Waals surface area contributed by atoms with Crippen LogP contribution < -0.4 is 5.73 Å². The molecule has 0 fully saturated rings. The molecule has 2 aromatic heterocycles. The molecule has 6 nitrogen and oxygen atoms in total. The van der Waals surface area contributed by atoms with E-state index >= 15 is 0 Å². The fraction of sp³-hybridized carbons (Fsp3) is 0.429. The molecule has 0 aliphatic rings. The van der Waals surface area contributed by atoms with Crippen molar-refractivity contribution in [2.24, 2.45) is 0 Å². The second kappa shape index (κ2) is 2.65. The molecule has 6 heteroatoms. The van der Waals surface area contributed by atoms with Gasteiger partial charge in [-0.3, -0.25) is 0 Å². The van der Waals surface area contributed by atoms with Crippen LogP contribution >= 0.6 is 0 Å². The molecule has 0 aliphatic carbocycles. The number of nitrogen functional groups attached to an aromatic ring is 1. The Hall–Kier alpha value is -1.72. The second-order valence-electron chi connectivity index (χ2n) is 3.07. The van der Waals surface area contributed by atoms with Gasteiger partial charge in [0.1, 0.15) is 12.2 Å². The predicted molar refractivity (Wildman–Crippen MR) is 47.1 cm³/mol. The number of anilines is 1. The zero-order chi connectivity index (χ0) is 9.42. The summed E-state index contributed by atoms with van der Waals surface area (Å²) in [6, 6.07) is 0. The maximum atomic E-state index is 5.65. The van der Waals surface area contributed by atoms with Gasteiger partial charge in [-0.1, -0.05) is 13.8 Å². The van der Waals surface area contributed by atoms with E-state index in [1.165, 1.54) is 10.8 Å². The predicted octanol–water partition coefficient (Wildman–Crippen LogP) is 0.225. The minimum Gasteiger partial charge on any atom is -0.368 e. The lowest BCUT2D eigenvalue weighted by atomic mass is 10.2. The molecule has 0 radical (unpaired) electrons. The third-order valence-corrected chi connectivity index (χ3v) is 1.71. The monoisotopic (exact) mass is 178 g/mol. The summed E-state index contributed by atoms with van der Waals surface area (Å²) >= 11 is 0. The fourth-order valence-corrected chi connectivity index (χ4v) is 1.02. The number of hydrogen-bond donors (Lipinski definition) is 1. The summed E-state index contributed by atoms with van der Waals surface area (Å²) in [5.74, 6) is 1.75. The van der Waals surface area contributed by atoms with E-state index in [-0.39, 0.29) is 5.92 Å². The average molecular weight is 178 g/mol. The molecule has 0 unspecified atom stereocenters. The number of aromatic nitrogens is 5. The molecule has 13 heavy (non-hydrogen) atoms. The van der Waals surface area contributed by atoms with E-state index in [0.717, 1.165) is 0 Å². The van der Waals surface area contributed by atoms with Crippen molar-refractivity contribution in [3.05, 3.63) is 12.2 Å². The molecular formula is C7H10N6. The summed E-state index contributed by atoms with van der Waals surface area (Å²) in [5.41, 5.74) is 5.65. The first kappa shape index (κ1) is 7.90. The Labute approximate surface area is 74.8 Å². The number of nitrogens with zero attached hydrogens (tertiary/aromatic N) is 5. The van der Waals surface area contributed by atoms with Crippen LogP contribution in [0.4, 0.5) is 5.95 Å². The molecule has 0 aromatic carbocycles. The molecule has 0 saturated heterocycles. The van der Waals surface area contributed by atoms with Crippen molar-refractivity contribution in [3.8, 4) is 0 Å². The number of hydrogen-bond acceptors (Lipinski definition) is 5. The van der Waals surface area contributed by atoms with Crippen LogP contribution in [0.5, 0.6) is 0 Å². The Bertz CT molecular complexity index is 431. The van der Waals surface area contributed by atoms with E-state index in [1.807, 2.05) is 13.8 Å². The molecule has 0 bridgehead atoms. The molecule has 68 valence electrons. The van der Waals surface area contributed by atoms with Crippen LogP contribution in [-0.2, 0) is 0 Å². The van der Waals surface area contributed by atoms with Gasteiger partial charge in [-0.05, 0) is 0 Å². The van der Waals surface area contributed by atoms with Crippen LogP contribution in [0.2, 0.25) is 0 Å². The van der Waals surface area contributed by atoms with Gasteiger partial charge in [0.25, 0.3) is 5.78 Å². The standard InChI is InChI=1S/C7H10N6/c1-4(2)5-11-6(8)13-7(12-5)9-3-10-13/h3-4H,1-2H3,(H2,8,9,10,11,12). The summed E-state index contributed by atoms with van der Waals surface area (Å²) in [6.45, 7) is 4.00. The van der Waals surface area contributed by atoms with E-state index in [1.54, 1.807) is 0 Å². The van der Waals surface area contributed by atoms with Crippen molar-refractivity contribution in [1.29, 1.82) is 0 Å². The lowest BCUT2D eigenvalue weighted by Crippen LogP contribution is -2.08. The zero-order valence-electron chi connectivity index (χ0n) is 7.47. The number of rotatable bonds is 1. The van der Waals surface area contributed by atoms with Crippen molar-refractivity contribution < 1.29 is 0 Å². The van der Waals surface area contributed by atoms with E-state index in [9.17, 15) is 0 Å². The van der Waals surface area contributed by atoms with E-state index in [4.69, 9.17) is 5.73 Å². The molecule has 0 amide bonds. The Balaban J connectivity index is 2.70. The topological polar surface area (TPSA) is 82.0 Å². The van der Waals surface area contributed by atoms with Crippen molar-refractivity contribution in [2.75, 3.05) is 5.73 Å². The van der Waals surface area contributed by atoms with Gasteiger partial charge in [0.15, 0.2) is 0 Å². The molecule has 2 heterocycles. The van der Waals surface area contributed by atoms with Crippen molar-refractivity contribution in [3.63, 3.8) is 0 Å².